The Kier molecular flexibility index (Phi) is 7.40. The van der Waals surface area contributed by atoms with Crippen LogP contribution < -0.4 is 10.6 Å². The van der Waals surface area contributed by atoms with Gasteiger partial charge in [0.15, 0.2) is 6.10 Å². The first-order valence-electron chi connectivity index (χ1n) is 6.10. The smallest absolute Gasteiger partial charge is 0.334 e. The number of ether oxygens (including phenoxy) is 1. The van der Waals surface area contributed by atoms with Crippen molar-refractivity contribution >= 4 is 12.0 Å². The lowest BCUT2D eigenvalue weighted by Crippen LogP contribution is -2.46. The average molecular weight is 275 g/mol. The first-order valence-corrected chi connectivity index (χ1v) is 6.10. The summed E-state index contributed by atoms with van der Waals surface area (Å²) in [6.07, 6.45) is -1.03. The summed E-state index contributed by atoms with van der Waals surface area (Å²) in [5.41, 5.74) is -0.0612. The van der Waals surface area contributed by atoms with Crippen LogP contribution in [0.25, 0.3) is 0 Å². The zero-order valence-corrected chi connectivity index (χ0v) is 12.3. The molecule has 2 amide bonds. The van der Waals surface area contributed by atoms with Crippen molar-refractivity contribution in [3.05, 3.63) is 0 Å². The highest BCUT2D eigenvalue weighted by Gasteiger charge is 2.21. The summed E-state index contributed by atoms with van der Waals surface area (Å²) < 4.78 is 4.71. The Labute approximate surface area is 114 Å². The van der Waals surface area contributed by atoms with E-state index in [9.17, 15) is 9.59 Å². The SMILES string of the molecule is COC(CNC(=O)NCC(C)(C)CN(C)C)C(=O)O. The molecular weight excluding hydrogens is 250 g/mol. The van der Waals surface area contributed by atoms with Crippen LogP contribution in [-0.2, 0) is 9.53 Å². The van der Waals surface area contributed by atoms with Crippen LogP contribution in [0.2, 0.25) is 0 Å². The van der Waals surface area contributed by atoms with Crippen LogP contribution in [0.3, 0.4) is 0 Å². The first-order chi connectivity index (χ1) is 8.68. The molecule has 0 spiro atoms. The fraction of sp³-hybridized carbons (Fsp3) is 0.833. The standard InChI is InChI=1S/C12H25N3O4/c1-12(2,8-15(3)4)7-14-11(18)13-6-9(19-5)10(16)17/h9H,6-8H2,1-5H3,(H,16,17)(H2,13,14,18). The van der Waals surface area contributed by atoms with Gasteiger partial charge in [0, 0.05) is 20.2 Å². The van der Waals surface area contributed by atoms with E-state index in [1.165, 1.54) is 7.11 Å². The number of hydrogen-bond acceptors (Lipinski definition) is 4. The van der Waals surface area contributed by atoms with Crippen LogP contribution in [0.15, 0.2) is 0 Å². The predicted molar refractivity (Wildman–Crippen MR) is 72.2 cm³/mol. The number of hydrogen-bond donors (Lipinski definition) is 3. The number of carboxylic acid groups (broad SMARTS) is 1. The average Bonchev–Trinajstić information content (AvgIpc) is 2.25. The van der Waals surface area contributed by atoms with E-state index in [0.29, 0.717) is 6.54 Å². The molecule has 3 N–H and O–H groups in total. The van der Waals surface area contributed by atoms with Crippen LogP contribution in [0, 0.1) is 5.41 Å². The third-order valence-corrected chi connectivity index (χ3v) is 2.48. The van der Waals surface area contributed by atoms with Crippen molar-refractivity contribution in [3.63, 3.8) is 0 Å². The fourth-order valence-corrected chi connectivity index (χ4v) is 1.75. The van der Waals surface area contributed by atoms with Gasteiger partial charge in [0.05, 0.1) is 6.54 Å². The number of amides is 2. The molecule has 0 fully saturated rings. The predicted octanol–water partition coefficient (Wildman–Crippen LogP) is -0.0270. The molecule has 0 heterocycles. The number of carbonyl (C=O) groups excluding carboxylic acids is 1. The number of urea groups is 1. The minimum Gasteiger partial charge on any atom is -0.479 e. The van der Waals surface area contributed by atoms with Gasteiger partial charge in [0.25, 0.3) is 0 Å². The second-order valence-electron chi connectivity index (χ2n) is 5.53. The molecule has 0 aromatic carbocycles. The number of aliphatic carboxylic acids is 1. The molecule has 0 saturated heterocycles. The molecule has 0 aliphatic heterocycles. The third-order valence-electron chi connectivity index (χ3n) is 2.48. The van der Waals surface area contributed by atoms with E-state index >= 15 is 0 Å². The van der Waals surface area contributed by atoms with Crippen molar-refractivity contribution < 1.29 is 19.4 Å². The van der Waals surface area contributed by atoms with E-state index in [1.807, 2.05) is 32.8 Å². The minimum absolute atomic E-state index is 0.0612. The van der Waals surface area contributed by atoms with E-state index in [1.54, 1.807) is 0 Å². The Hall–Kier alpha value is -1.34. The summed E-state index contributed by atoms with van der Waals surface area (Å²) in [7, 11) is 5.23. The topological polar surface area (TPSA) is 90.9 Å². The van der Waals surface area contributed by atoms with Gasteiger partial charge >= 0.3 is 12.0 Å². The molecule has 1 atom stereocenters. The number of carbonyl (C=O) groups is 2. The van der Waals surface area contributed by atoms with Crippen LogP contribution in [0.4, 0.5) is 4.79 Å². The molecule has 0 aliphatic rings. The van der Waals surface area contributed by atoms with Crippen LogP contribution in [0.5, 0.6) is 0 Å². The van der Waals surface area contributed by atoms with Gasteiger partial charge < -0.3 is 25.4 Å². The highest BCUT2D eigenvalue weighted by atomic mass is 16.5. The van der Waals surface area contributed by atoms with Crippen molar-refractivity contribution in [2.24, 2.45) is 5.41 Å². The zero-order valence-electron chi connectivity index (χ0n) is 12.3. The van der Waals surface area contributed by atoms with Gasteiger partial charge in [-0.1, -0.05) is 13.8 Å². The Bertz CT molecular complexity index is 305. The highest BCUT2D eigenvalue weighted by molar-refractivity contribution is 5.76. The number of rotatable bonds is 8. The van der Waals surface area contributed by atoms with E-state index in [4.69, 9.17) is 9.84 Å². The van der Waals surface area contributed by atoms with Gasteiger partial charge in [-0.25, -0.2) is 9.59 Å². The lowest BCUT2D eigenvalue weighted by Gasteiger charge is -2.28. The monoisotopic (exact) mass is 275 g/mol. The van der Waals surface area contributed by atoms with Crippen molar-refractivity contribution in [1.82, 2.24) is 15.5 Å². The Morgan fingerprint density at radius 2 is 1.89 bits per heavy atom. The van der Waals surface area contributed by atoms with Gasteiger partial charge in [-0.3, -0.25) is 0 Å². The maximum Gasteiger partial charge on any atom is 0.334 e. The van der Waals surface area contributed by atoms with E-state index in [-0.39, 0.29) is 12.0 Å². The summed E-state index contributed by atoms with van der Waals surface area (Å²) >= 11 is 0. The van der Waals surface area contributed by atoms with Gasteiger partial charge in [0.2, 0.25) is 0 Å². The molecular formula is C12H25N3O4. The molecule has 7 nitrogen and oxygen atoms in total. The molecule has 1 unspecified atom stereocenters. The second kappa shape index (κ2) is 7.96. The molecule has 0 aliphatic carbocycles. The van der Waals surface area contributed by atoms with Crippen LogP contribution in [0.1, 0.15) is 13.8 Å². The zero-order chi connectivity index (χ0) is 15.1. The Morgan fingerprint density at radius 3 is 2.32 bits per heavy atom. The minimum atomic E-state index is -1.10. The fourth-order valence-electron chi connectivity index (χ4n) is 1.75. The summed E-state index contributed by atoms with van der Waals surface area (Å²) in [6.45, 7) is 5.36. The molecule has 0 bridgehead atoms. The highest BCUT2D eigenvalue weighted by Crippen LogP contribution is 2.13. The summed E-state index contributed by atoms with van der Waals surface area (Å²) in [5, 5.41) is 13.9. The van der Waals surface area contributed by atoms with Gasteiger partial charge in [-0.05, 0) is 19.5 Å². The van der Waals surface area contributed by atoms with Gasteiger partial charge in [-0.2, -0.15) is 0 Å². The van der Waals surface area contributed by atoms with Crippen LogP contribution in [-0.4, -0.2) is 69.0 Å². The quantitative estimate of drug-likeness (QED) is 0.579. The second-order valence-corrected chi connectivity index (χ2v) is 5.53. The van der Waals surface area contributed by atoms with E-state index in [2.05, 4.69) is 10.6 Å². The molecule has 0 rings (SSSR count). The van der Waals surface area contributed by atoms with Crippen molar-refractivity contribution in [3.8, 4) is 0 Å². The summed E-state index contributed by atoms with van der Waals surface area (Å²) in [4.78, 5) is 24.3. The molecule has 0 aromatic rings. The number of nitrogens with one attached hydrogen (secondary N) is 2. The summed E-state index contributed by atoms with van der Waals surface area (Å²) in [5.74, 6) is -1.10. The molecule has 19 heavy (non-hydrogen) atoms. The van der Waals surface area contributed by atoms with Crippen molar-refractivity contribution in [2.75, 3.05) is 40.8 Å². The molecule has 112 valence electrons. The van der Waals surface area contributed by atoms with Crippen LogP contribution >= 0.6 is 0 Å². The molecule has 0 aromatic heterocycles. The third kappa shape index (κ3) is 8.39. The van der Waals surface area contributed by atoms with E-state index in [0.717, 1.165) is 6.54 Å². The lowest BCUT2D eigenvalue weighted by molar-refractivity contribution is -0.147. The Morgan fingerprint density at radius 1 is 1.32 bits per heavy atom. The summed E-state index contributed by atoms with van der Waals surface area (Å²) in [6, 6.07) is -0.393. The largest absolute Gasteiger partial charge is 0.479 e. The van der Waals surface area contributed by atoms with Crippen molar-refractivity contribution in [2.45, 2.75) is 20.0 Å². The van der Waals surface area contributed by atoms with E-state index < -0.39 is 18.1 Å². The molecule has 0 saturated carbocycles. The number of methoxy groups -OCH3 is 1. The maximum atomic E-state index is 11.5. The number of nitrogens with zero attached hydrogens (tertiary/aromatic N) is 1. The maximum absolute atomic E-state index is 11.5. The normalized spacial score (nSPS) is 13.2. The number of carboxylic acids is 1. The Balaban J connectivity index is 4.02. The lowest BCUT2D eigenvalue weighted by atomic mass is 9.93. The molecule has 7 heteroatoms. The van der Waals surface area contributed by atoms with Crippen molar-refractivity contribution in [1.29, 1.82) is 0 Å². The first kappa shape index (κ1) is 17.7. The molecule has 0 radical (unpaired) electrons. The van der Waals surface area contributed by atoms with Gasteiger partial charge in [-0.15, -0.1) is 0 Å². The van der Waals surface area contributed by atoms with Gasteiger partial charge in [0.1, 0.15) is 0 Å².